The van der Waals surface area contributed by atoms with Crippen LogP contribution >= 0.6 is 0 Å². The minimum absolute atomic E-state index is 0.426. The molecule has 4 nitrogen and oxygen atoms in total. The topological polar surface area (TPSA) is 66.6 Å². The first-order chi connectivity index (χ1) is 6.12. The fourth-order valence-corrected chi connectivity index (χ4v) is 2.48. The number of carbonyl (C=O) groups is 1. The van der Waals surface area contributed by atoms with Crippen molar-refractivity contribution in [1.82, 2.24) is 4.90 Å². The van der Waals surface area contributed by atoms with Gasteiger partial charge in [-0.25, -0.2) is 0 Å². The molecule has 74 valence electrons. The Hall–Kier alpha value is -0.610. The van der Waals surface area contributed by atoms with Crippen LogP contribution in [-0.2, 0) is 4.79 Å². The smallest absolute Gasteiger partial charge is 0.323 e. The van der Waals surface area contributed by atoms with Gasteiger partial charge in [-0.2, -0.15) is 0 Å². The molecule has 0 aliphatic carbocycles. The van der Waals surface area contributed by atoms with Gasteiger partial charge < -0.3 is 15.7 Å². The van der Waals surface area contributed by atoms with Crippen LogP contribution < -0.4 is 5.73 Å². The van der Waals surface area contributed by atoms with Crippen molar-refractivity contribution in [3.8, 4) is 0 Å². The maximum absolute atomic E-state index is 10.9. The number of hydrogen-bond donors (Lipinski definition) is 2. The highest BCUT2D eigenvalue weighted by Crippen LogP contribution is 2.31. The predicted molar refractivity (Wildman–Crippen MR) is 48.4 cm³/mol. The molecule has 2 aliphatic heterocycles. The Morgan fingerprint density at radius 2 is 2.31 bits per heavy atom. The second kappa shape index (κ2) is 2.96. The van der Waals surface area contributed by atoms with Gasteiger partial charge in [-0.1, -0.05) is 0 Å². The Bertz CT molecular complexity index is 232. The van der Waals surface area contributed by atoms with Crippen LogP contribution in [0.4, 0.5) is 0 Å². The summed E-state index contributed by atoms with van der Waals surface area (Å²) in [7, 11) is 0. The highest BCUT2D eigenvalue weighted by Gasteiger charge is 2.43. The van der Waals surface area contributed by atoms with Crippen molar-refractivity contribution in [3.63, 3.8) is 0 Å². The molecular weight excluding hydrogens is 168 g/mol. The summed E-state index contributed by atoms with van der Waals surface area (Å²) in [5.74, 6) is -0.834. The van der Waals surface area contributed by atoms with Crippen LogP contribution in [0.25, 0.3) is 0 Å². The molecule has 0 bridgehead atoms. The monoisotopic (exact) mass is 184 g/mol. The van der Waals surface area contributed by atoms with E-state index >= 15 is 0 Å². The highest BCUT2D eigenvalue weighted by molar-refractivity contribution is 5.78. The Kier molecular flexibility index (Phi) is 2.04. The number of nitrogens with zero attached hydrogens (tertiary/aromatic N) is 1. The summed E-state index contributed by atoms with van der Waals surface area (Å²) in [6.45, 7) is 1.98. The Morgan fingerprint density at radius 3 is 3.00 bits per heavy atom. The van der Waals surface area contributed by atoms with E-state index in [0.717, 1.165) is 19.5 Å². The summed E-state index contributed by atoms with van der Waals surface area (Å²) in [5, 5.41) is 8.97. The molecule has 4 heteroatoms. The zero-order chi connectivity index (χ0) is 9.47. The molecule has 0 aromatic rings. The van der Waals surface area contributed by atoms with E-state index in [4.69, 9.17) is 10.8 Å². The normalized spacial score (nSPS) is 40.2. The average Bonchev–Trinajstić information content (AvgIpc) is 2.50. The van der Waals surface area contributed by atoms with Crippen LogP contribution in [0.15, 0.2) is 0 Å². The maximum Gasteiger partial charge on any atom is 0.323 e. The third-order valence-electron chi connectivity index (χ3n) is 3.37. The van der Waals surface area contributed by atoms with Crippen molar-refractivity contribution >= 4 is 5.97 Å². The van der Waals surface area contributed by atoms with E-state index in [-0.39, 0.29) is 0 Å². The summed E-state index contributed by atoms with van der Waals surface area (Å²) in [6.07, 6.45) is 3.54. The van der Waals surface area contributed by atoms with Gasteiger partial charge in [0, 0.05) is 12.6 Å². The fourth-order valence-electron chi connectivity index (χ4n) is 2.48. The number of rotatable bonds is 1. The standard InChI is InChI=1S/C9H16N2O2/c10-9(8(12)13)3-5-11-4-1-2-7(11)6-9/h7H,1-6,10H2,(H,12,13). The van der Waals surface area contributed by atoms with Gasteiger partial charge in [0.1, 0.15) is 5.54 Å². The van der Waals surface area contributed by atoms with Crippen LogP contribution in [0.5, 0.6) is 0 Å². The molecule has 3 N–H and O–H groups in total. The Balaban J connectivity index is 2.08. The summed E-state index contributed by atoms with van der Waals surface area (Å²) < 4.78 is 0. The van der Waals surface area contributed by atoms with E-state index in [1.807, 2.05) is 0 Å². The SMILES string of the molecule is NC1(C(=O)O)CCN2CCCC2C1. The molecule has 13 heavy (non-hydrogen) atoms. The van der Waals surface area contributed by atoms with Gasteiger partial charge in [0.25, 0.3) is 0 Å². The van der Waals surface area contributed by atoms with Gasteiger partial charge in [-0.3, -0.25) is 4.79 Å². The lowest BCUT2D eigenvalue weighted by Crippen LogP contribution is -2.57. The predicted octanol–water partition coefficient (Wildman–Crippen LogP) is 0.0267. The lowest BCUT2D eigenvalue weighted by molar-refractivity contribution is -0.145. The van der Waals surface area contributed by atoms with Gasteiger partial charge in [0.15, 0.2) is 0 Å². The second-order valence-electron chi connectivity index (χ2n) is 4.25. The van der Waals surface area contributed by atoms with Crippen LogP contribution in [0.2, 0.25) is 0 Å². The van der Waals surface area contributed by atoms with Crippen LogP contribution in [0.1, 0.15) is 25.7 Å². The molecule has 0 radical (unpaired) electrons. The van der Waals surface area contributed by atoms with E-state index in [1.54, 1.807) is 0 Å². The lowest BCUT2D eigenvalue weighted by Gasteiger charge is -2.38. The second-order valence-corrected chi connectivity index (χ2v) is 4.25. The number of aliphatic carboxylic acids is 1. The number of piperidine rings is 1. The van der Waals surface area contributed by atoms with Gasteiger partial charge in [-0.05, 0) is 32.2 Å². The van der Waals surface area contributed by atoms with E-state index in [0.29, 0.717) is 18.9 Å². The van der Waals surface area contributed by atoms with E-state index in [2.05, 4.69) is 4.90 Å². The number of nitrogens with two attached hydrogens (primary N) is 1. The molecule has 2 atom stereocenters. The van der Waals surface area contributed by atoms with Crippen molar-refractivity contribution in [3.05, 3.63) is 0 Å². The molecule has 2 unspecified atom stereocenters. The van der Waals surface area contributed by atoms with E-state index in [9.17, 15) is 4.79 Å². The first kappa shape index (κ1) is 8.97. The molecular formula is C9H16N2O2. The highest BCUT2D eigenvalue weighted by atomic mass is 16.4. The van der Waals surface area contributed by atoms with Gasteiger partial charge >= 0.3 is 5.97 Å². The van der Waals surface area contributed by atoms with Crippen molar-refractivity contribution in [1.29, 1.82) is 0 Å². The minimum atomic E-state index is -0.953. The molecule has 0 aromatic carbocycles. The average molecular weight is 184 g/mol. The molecule has 0 amide bonds. The van der Waals surface area contributed by atoms with Crippen LogP contribution in [0.3, 0.4) is 0 Å². The quantitative estimate of drug-likeness (QED) is 0.603. The first-order valence-corrected chi connectivity index (χ1v) is 4.88. The molecule has 2 heterocycles. The number of carboxylic acids is 1. The minimum Gasteiger partial charge on any atom is -0.480 e. The van der Waals surface area contributed by atoms with Crippen LogP contribution in [0, 0.1) is 0 Å². The molecule has 0 spiro atoms. The molecule has 0 aromatic heterocycles. The molecule has 2 aliphatic rings. The first-order valence-electron chi connectivity index (χ1n) is 4.88. The summed E-state index contributed by atoms with van der Waals surface area (Å²) in [5.41, 5.74) is 4.88. The van der Waals surface area contributed by atoms with E-state index in [1.165, 1.54) is 6.42 Å². The van der Waals surface area contributed by atoms with Gasteiger partial charge in [0.2, 0.25) is 0 Å². The van der Waals surface area contributed by atoms with Gasteiger partial charge in [0.05, 0.1) is 0 Å². The Morgan fingerprint density at radius 1 is 1.54 bits per heavy atom. The van der Waals surface area contributed by atoms with Crippen molar-refractivity contribution < 1.29 is 9.90 Å². The third-order valence-corrected chi connectivity index (χ3v) is 3.37. The maximum atomic E-state index is 10.9. The zero-order valence-corrected chi connectivity index (χ0v) is 7.70. The summed E-state index contributed by atoms with van der Waals surface area (Å²) in [6, 6.07) is 0.426. The van der Waals surface area contributed by atoms with E-state index < -0.39 is 11.5 Å². The molecule has 2 rings (SSSR count). The summed E-state index contributed by atoms with van der Waals surface area (Å²) in [4.78, 5) is 13.3. The zero-order valence-electron chi connectivity index (χ0n) is 7.70. The third kappa shape index (κ3) is 1.44. The largest absolute Gasteiger partial charge is 0.480 e. The van der Waals surface area contributed by atoms with Crippen LogP contribution in [-0.4, -0.2) is 40.6 Å². The van der Waals surface area contributed by atoms with Gasteiger partial charge in [-0.15, -0.1) is 0 Å². The van der Waals surface area contributed by atoms with Crippen molar-refractivity contribution in [2.24, 2.45) is 5.73 Å². The lowest BCUT2D eigenvalue weighted by atomic mass is 9.84. The van der Waals surface area contributed by atoms with Crippen molar-refractivity contribution in [2.75, 3.05) is 13.1 Å². The molecule has 2 saturated heterocycles. The summed E-state index contributed by atoms with van der Waals surface area (Å²) >= 11 is 0. The molecule has 0 saturated carbocycles. The number of fused-ring (bicyclic) bond motifs is 1. The number of hydrogen-bond acceptors (Lipinski definition) is 3. The van der Waals surface area contributed by atoms with Crippen molar-refractivity contribution in [2.45, 2.75) is 37.3 Å². The number of carboxylic acid groups (broad SMARTS) is 1. The molecule has 2 fully saturated rings. The fraction of sp³-hybridized carbons (Fsp3) is 0.889. The Labute approximate surface area is 77.7 Å².